The van der Waals surface area contributed by atoms with E-state index in [4.69, 9.17) is 5.11 Å². The Balaban J connectivity index is 2.25. The van der Waals surface area contributed by atoms with Crippen LogP contribution in [0.5, 0.6) is 0 Å². The Morgan fingerprint density at radius 2 is 2.00 bits per heavy atom. The van der Waals surface area contributed by atoms with Gasteiger partial charge in [-0.15, -0.1) is 0 Å². The highest BCUT2D eigenvalue weighted by atomic mass is 16.3. The molecule has 0 bridgehead atoms. The van der Waals surface area contributed by atoms with Crippen molar-refractivity contribution in [3.8, 4) is 0 Å². The summed E-state index contributed by atoms with van der Waals surface area (Å²) in [5, 5.41) is 22.3. The third-order valence-corrected chi connectivity index (χ3v) is 3.98. The predicted octanol–water partition coefficient (Wildman–Crippen LogP) is -1.84. The van der Waals surface area contributed by atoms with Gasteiger partial charge in [0.15, 0.2) is 11.2 Å². The van der Waals surface area contributed by atoms with Gasteiger partial charge >= 0.3 is 5.69 Å². The summed E-state index contributed by atoms with van der Waals surface area (Å²) in [7, 11) is 2.96. The molecule has 0 saturated carbocycles. The Bertz CT molecular complexity index is 787. The molecule has 2 atom stereocenters. The van der Waals surface area contributed by atoms with E-state index in [1.165, 1.54) is 17.9 Å². The second kappa shape index (κ2) is 7.07. The monoisotopic (exact) mass is 325 g/mol. The van der Waals surface area contributed by atoms with Crippen LogP contribution in [0.3, 0.4) is 0 Å². The van der Waals surface area contributed by atoms with Crippen LogP contribution < -0.4 is 16.6 Å². The van der Waals surface area contributed by atoms with Crippen LogP contribution >= 0.6 is 0 Å². The van der Waals surface area contributed by atoms with Crippen LogP contribution in [0.2, 0.25) is 0 Å². The normalized spacial score (nSPS) is 14.3. The maximum atomic E-state index is 12.3. The van der Waals surface area contributed by atoms with Crippen LogP contribution in [-0.4, -0.2) is 54.2 Å². The minimum atomic E-state index is -0.755. The van der Waals surface area contributed by atoms with Gasteiger partial charge in [0.2, 0.25) is 0 Å². The zero-order valence-electron chi connectivity index (χ0n) is 13.6. The van der Waals surface area contributed by atoms with Crippen molar-refractivity contribution >= 4 is 11.2 Å². The predicted molar refractivity (Wildman–Crippen MR) is 85.4 cm³/mol. The number of aliphatic hydroxyl groups excluding tert-OH is 2. The largest absolute Gasteiger partial charge is 0.395 e. The molecule has 0 amide bonds. The van der Waals surface area contributed by atoms with Gasteiger partial charge in [0, 0.05) is 26.7 Å². The molecule has 2 aromatic rings. The fourth-order valence-corrected chi connectivity index (χ4v) is 2.47. The molecule has 23 heavy (non-hydrogen) atoms. The van der Waals surface area contributed by atoms with E-state index >= 15 is 0 Å². The summed E-state index contributed by atoms with van der Waals surface area (Å²) in [6, 6.07) is -0.0714. The molecule has 3 N–H and O–H groups in total. The lowest BCUT2D eigenvalue weighted by atomic mass is 10.2. The van der Waals surface area contributed by atoms with E-state index in [-0.39, 0.29) is 31.3 Å². The highest BCUT2D eigenvalue weighted by Gasteiger charge is 2.16. The summed E-state index contributed by atoms with van der Waals surface area (Å²) in [6.45, 7) is 2.39. The number of rotatable bonds is 7. The fourth-order valence-electron chi connectivity index (χ4n) is 2.47. The van der Waals surface area contributed by atoms with Crippen molar-refractivity contribution in [2.75, 3.05) is 13.2 Å². The third-order valence-electron chi connectivity index (χ3n) is 3.98. The van der Waals surface area contributed by atoms with Crippen molar-refractivity contribution in [2.24, 2.45) is 14.1 Å². The van der Waals surface area contributed by atoms with Gasteiger partial charge in [-0.1, -0.05) is 6.92 Å². The zero-order chi connectivity index (χ0) is 17.1. The minimum Gasteiger partial charge on any atom is -0.395 e. The summed E-state index contributed by atoms with van der Waals surface area (Å²) < 4.78 is 3.87. The molecule has 0 radical (unpaired) electrons. The number of hydrogen-bond acceptors (Lipinski definition) is 6. The number of aryl methyl sites for hydroxylation is 1. The van der Waals surface area contributed by atoms with Gasteiger partial charge < -0.3 is 20.1 Å². The van der Waals surface area contributed by atoms with Gasteiger partial charge in [0.25, 0.3) is 5.56 Å². The number of aromatic nitrogens is 4. The number of fused-ring (bicyclic) bond motifs is 1. The summed E-state index contributed by atoms with van der Waals surface area (Å²) in [5.74, 6) is 0. The lowest BCUT2D eigenvalue weighted by molar-refractivity contribution is 0.140. The zero-order valence-corrected chi connectivity index (χ0v) is 13.6. The summed E-state index contributed by atoms with van der Waals surface area (Å²) >= 11 is 0. The van der Waals surface area contributed by atoms with Crippen molar-refractivity contribution in [2.45, 2.75) is 32.0 Å². The Morgan fingerprint density at radius 3 is 2.61 bits per heavy atom. The average molecular weight is 325 g/mol. The van der Waals surface area contributed by atoms with Gasteiger partial charge in [0.1, 0.15) is 0 Å². The first-order valence-corrected chi connectivity index (χ1v) is 7.53. The quantitative estimate of drug-likeness (QED) is 0.551. The smallest absolute Gasteiger partial charge is 0.332 e. The second-order valence-electron chi connectivity index (χ2n) is 5.62. The van der Waals surface area contributed by atoms with Crippen LogP contribution in [0.1, 0.15) is 13.3 Å². The molecule has 128 valence electrons. The van der Waals surface area contributed by atoms with E-state index in [1.807, 2.05) is 6.92 Å². The Morgan fingerprint density at radius 1 is 1.30 bits per heavy atom. The van der Waals surface area contributed by atoms with Crippen molar-refractivity contribution < 1.29 is 10.2 Å². The van der Waals surface area contributed by atoms with Crippen molar-refractivity contribution in [3.05, 3.63) is 27.2 Å². The summed E-state index contributed by atoms with van der Waals surface area (Å²) in [6.07, 6.45) is 1.44. The van der Waals surface area contributed by atoms with Gasteiger partial charge in [-0.3, -0.25) is 13.9 Å². The molecule has 0 saturated heterocycles. The molecule has 0 fully saturated rings. The first kappa shape index (κ1) is 17.4. The molecule has 9 nitrogen and oxygen atoms in total. The molecule has 0 aliphatic heterocycles. The molecular formula is C14H23N5O4. The Hall–Kier alpha value is -1.97. The van der Waals surface area contributed by atoms with Crippen LogP contribution in [0.25, 0.3) is 11.2 Å². The van der Waals surface area contributed by atoms with Crippen molar-refractivity contribution in [1.29, 1.82) is 0 Å². The summed E-state index contributed by atoms with van der Waals surface area (Å²) in [4.78, 5) is 28.3. The van der Waals surface area contributed by atoms with Gasteiger partial charge in [-0.05, 0) is 6.42 Å². The fraction of sp³-hybridized carbons (Fsp3) is 0.643. The number of hydrogen-bond donors (Lipinski definition) is 3. The minimum absolute atomic E-state index is 0.000119. The highest BCUT2D eigenvalue weighted by molar-refractivity contribution is 5.69. The topological polar surface area (TPSA) is 114 Å². The van der Waals surface area contributed by atoms with Crippen LogP contribution in [0.15, 0.2) is 15.9 Å². The van der Waals surface area contributed by atoms with Crippen LogP contribution in [-0.2, 0) is 20.6 Å². The summed E-state index contributed by atoms with van der Waals surface area (Å²) in [5.41, 5.74) is -0.311. The standard InChI is InChI=1S/C14H23N5O4/c1-4-9(7-20)15-5-10(21)6-19-8-16-12-11(19)13(22)18(3)14(23)17(12)2/h8-10,15,20-21H,4-7H2,1-3H3. The molecule has 0 aliphatic carbocycles. The Labute approximate surface area is 132 Å². The maximum Gasteiger partial charge on any atom is 0.332 e. The van der Waals surface area contributed by atoms with E-state index in [0.717, 1.165) is 11.0 Å². The SMILES string of the molecule is CCC(CO)NCC(O)Cn1cnc2c1c(=O)n(C)c(=O)n2C. The lowest BCUT2D eigenvalue weighted by Crippen LogP contribution is -2.40. The maximum absolute atomic E-state index is 12.3. The van der Waals surface area contributed by atoms with E-state index in [0.29, 0.717) is 5.65 Å². The molecular weight excluding hydrogens is 302 g/mol. The second-order valence-corrected chi connectivity index (χ2v) is 5.62. The number of nitrogens with one attached hydrogen (secondary N) is 1. The lowest BCUT2D eigenvalue weighted by Gasteiger charge is -2.18. The number of imidazole rings is 1. The van der Waals surface area contributed by atoms with Crippen molar-refractivity contribution in [1.82, 2.24) is 24.0 Å². The van der Waals surface area contributed by atoms with Gasteiger partial charge in [-0.25, -0.2) is 9.78 Å². The first-order valence-electron chi connectivity index (χ1n) is 7.53. The molecule has 9 heteroatoms. The van der Waals surface area contributed by atoms with Gasteiger partial charge in [0.05, 0.1) is 25.6 Å². The van der Waals surface area contributed by atoms with E-state index < -0.39 is 17.4 Å². The van der Waals surface area contributed by atoms with E-state index in [9.17, 15) is 14.7 Å². The first-order chi connectivity index (χ1) is 10.9. The molecule has 2 rings (SSSR count). The van der Waals surface area contributed by atoms with Crippen LogP contribution in [0.4, 0.5) is 0 Å². The molecule has 0 spiro atoms. The van der Waals surface area contributed by atoms with Crippen molar-refractivity contribution in [3.63, 3.8) is 0 Å². The Kier molecular flexibility index (Phi) is 5.34. The van der Waals surface area contributed by atoms with E-state index in [1.54, 1.807) is 11.6 Å². The molecule has 0 aliphatic rings. The van der Waals surface area contributed by atoms with Gasteiger partial charge in [-0.2, -0.15) is 0 Å². The highest BCUT2D eigenvalue weighted by Crippen LogP contribution is 2.06. The number of nitrogens with zero attached hydrogens (tertiary/aromatic N) is 4. The number of aliphatic hydroxyl groups is 2. The van der Waals surface area contributed by atoms with Crippen LogP contribution in [0, 0.1) is 0 Å². The third kappa shape index (κ3) is 3.36. The van der Waals surface area contributed by atoms with E-state index in [2.05, 4.69) is 10.3 Å². The molecule has 2 aromatic heterocycles. The molecule has 0 aromatic carbocycles. The average Bonchev–Trinajstić information content (AvgIpc) is 2.95. The molecule has 2 heterocycles. The molecule has 2 unspecified atom stereocenters.